The van der Waals surface area contributed by atoms with E-state index < -0.39 is 11.7 Å². The maximum Gasteiger partial charge on any atom is 0.254 e. The van der Waals surface area contributed by atoms with Crippen molar-refractivity contribution in [2.24, 2.45) is 5.73 Å². The van der Waals surface area contributed by atoms with E-state index in [1.165, 1.54) is 12.1 Å². The molecule has 1 aromatic rings. The van der Waals surface area contributed by atoms with Crippen molar-refractivity contribution in [3.05, 3.63) is 34.6 Å². The zero-order valence-corrected chi connectivity index (χ0v) is 9.01. The molecule has 15 heavy (non-hydrogen) atoms. The van der Waals surface area contributed by atoms with E-state index in [9.17, 15) is 9.18 Å². The van der Waals surface area contributed by atoms with Crippen molar-refractivity contribution in [2.75, 3.05) is 6.54 Å². The minimum absolute atomic E-state index is 0.0281. The molecule has 1 rings (SSSR count). The van der Waals surface area contributed by atoms with Crippen LogP contribution in [0.5, 0.6) is 0 Å². The Balaban J connectivity index is 2.82. The molecular formula is C10H12ClFN2O. The van der Waals surface area contributed by atoms with Crippen LogP contribution in [0.2, 0.25) is 5.02 Å². The van der Waals surface area contributed by atoms with Gasteiger partial charge in [0.1, 0.15) is 5.82 Å². The number of nitrogens with one attached hydrogen (secondary N) is 1. The lowest BCUT2D eigenvalue weighted by Gasteiger charge is -2.11. The SMILES string of the molecule is C[C@@H](CN)NC(=O)c1ccc(Cl)cc1F. The lowest BCUT2D eigenvalue weighted by atomic mass is 10.2. The molecule has 0 radical (unpaired) electrons. The predicted octanol–water partition coefficient (Wildman–Crippen LogP) is 1.56. The van der Waals surface area contributed by atoms with E-state index in [0.29, 0.717) is 6.54 Å². The molecule has 0 heterocycles. The first-order valence-corrected chi connectivity index (χ1v) is 4.88. The van der Waals surface area contributed by atoms with Crippen molar-refractivity contribution >= 4 is 17.5 Å². The maximum atomic E-state index is 13.3. The molecule has 0 spiro atoms. The zero-order valence-electron chi connectivity index (χ0n) is 8.26. The Morgan fingerprint density at radius 2 is 2.33 bits per heavy atom. The molecule has 1 amide bonds. The van der Waals surface area contributed by atoms with Crippen LogP contribution in [-0.4, -0.2) is 18.5 Å². The van der Waals surface area contributed by atoms with E-state index in [0.717, 1.165) is 6.07 Å². The molecule has 3 N–H and O–H groups in total. The van der Waals surface area contributed by atoms with Crippen molar-refractivity contribution < 1.29 is 9.18 Å². The predicted molar refractivity (Wildman–Crippen MR) is 57.4 cm³/mol. The summed E-state index contributed by atoms with van der Waals surface area (Å²) in [5.41, 5.74) is 5.30. The molecule has 1 atom stereocenters. The van der Waals surface area contributed by atoms with Crippen LogP contribution < -0.4 is 11.1 Å². The molecule has 0 aliphatic heterocycles. The van der Waals surface area contributed by atoms with Gasteiger partial charge in [-0.1, -0.05) is 11.6 Å². The number of rotatable bonds is 3. The van der Waals surface area contributed by atoms with E-state index in [2.05, 4.69) is 5.32 Å². The van der Waals surface area contributed by atoms with Gasteiger partial charge in [-0.3, -0.25) is 4.79 Å². The van der Waals surface area contributed by atoms with Crippen molar-refractivity contribution in [3.63, 3.8) is 0 Å². The smallest absolute Gasteiger partial charge is 0.254 e. The van der Waals surface area contributed by atoms with Gasteiger partial charge in [-0.05, 0) is 25.1 Å². The first-order valence-electron chi connectivity index (χ1n) is 4.50. The Morgan fingerprint density at radius 3 is 2.87 bits per heavy atom. The minimum atomic E-state index is -0.635. The number of benzene rings is 1. The summed E-state index contributed by atoms with van der Waals surface area (Å²) >= 11 is 5.56. The van der Waals surface area contributed by atoms with Gasteiger partial charge in [0.25, 0.3) is 5.91 Å². The molecule has 0 aliphatic rings. The summed E-state index contributed by atoms with van der Waals surface area (Å²) in [6, 6.07) is 3.72. The third-order valence-corrected chi connectivity index (χ3v) is 2.14. The quantitative estimate of drug-likeness (QED) is 0.828. The van der Waals surface area contributed by atoms with Crippen LogP contribution in [0.1, 0.15) is 17.3 Å². The van der Waals surface area contributed by atoms with Gasteiger partial charge in [0.2, 0.25) is 0 Å². The molecule has 0 saturated heterocycles. The standard InChI is InChI=1S/C10H12ClFN2O/c1-6(5-13)14-10(15)8-3-2-7(11)4-9(8)12/h2-4,6H,5,13H2,1H3,(H,14,15)/t6-/m0/s1. The lowest BCUT2D eigenvalue weighted by Crippen LogP contribution is -2.38. The van der Waals surface area contributed by atoms with Gasteiger partial charge in [0.05, 0.1) is 5.56 Å². The van der Waals surface area contributed by atoms with Crippen LogP contribution in [-0.2, 0) is 0 Å². The summed E-state index contributed by atoms with van der Waals surface area (Å²) in [7, 11) is 0. The maximum absolute atomic E-state index is 13.3. The topological polar surface area (TPSA) is 55.1 Å². The second-order valence-electron chi connectivity index (χ2n) is 3.23. The van der Waals surface area contributed by atoms with Gasteiger partial charge >= 0.3 is 0 Å². The number of nitrogens with two attached hydrogens (primary N) is 1. The second kappa shape index (κ2) is 5.09. The Bertz CT molecular complexity index is 370. The van der Waals surface area contributed by atoms with Crippen LogP contribution >= 0.6 is 11.6 Å². The fourth-order valence-electron chi connectivity index (χ4n) is 1.03. The van der Waals surface area contributed by atoms with Gasteiger partial charge in [-0.15, -0.1) is 0 Å². The van der Waals surface area contributed by atoms with E-state index in [4.69, 9.17) is 17.3 Å². The zero-order chi connectivity index (χ0) is 11.4. The van der Waals surface area contributed by atoms with Crippen molar-refractivity contribution in [1.29, 1.82) is 0 Å². The largest absolute Gasteiger partial charge is 0.348 e. The summed E-state index contributed by atoms with van der Waals surface area (Å²) in [4.78, 5) is 11.5. The highest BCUT2D eigenvalue weighted by Gasteiger charge is 2.13. The Kier molecular flexibility index (Phi) is 4.05. The Hall–Kier alpha value is -1.13. The normalized spacial score (nSPS) is 12.3. The first-order chi connectivity index (χ1) is 7.04. The molecule has 0 aliphatic carbocycles. The second-order valence-corrected chi connectivity index (χ2v) is 3.67. The fraction of sp³-hybridized carbons (Fsp3) is 0.300. The number of carbonyl (C=O) groups is 1. The van der Waals surface area contributed by atoms with E-state index in [-0.39, 0.29) is 16.6 Å². The molecule has 0 aromatic heterocycles. The van der Waals surface area contributed by atoms with Gasteiger partial charge in [-0.25, -0.2) is 4.39 Å². The highest BCUT2D eigenvalue weighted by Crippen LogP contribution is 2.14. The number of carbonyl (C=O) groups excluding carboxylic acids is 1. The number of halogens is 2. The molecule has 5 heteroatoms. The number of hydrogen-bond donors (Lipinski definition) is 2. The van der Waals surface area contributed by atoms with Crippen LogP contribution in [0.4, 0.5) is 4.39 Å². The average molecular weight is 231 g/mol. The fourth-order valence-corrected chi connectivity index (χ4v) is 1.19. The highest BCUT2D eigenvalue weighted by molar-refractivity contribution is 6.30. The summed E-state index contributed by atoms with van der Waals surface area (Å²) in [5.74, 6) is -1.12. The van der Waals surface area contributed by atoms with Crippen molar-refractivity contribution in [3.8, 4) is 0 Å². The molecule has 82 valence electrons. The summed E-state index contributed by atoms with van der Waals surface area (Å²) in [6.07, 6.45) is 0. The summed E-state index contributed by atoms with van der Waals surface area (Å²) < 4.78 is 13.3. The lowest BCUT2D eigenvalue weighted by molar-refractivity contribution is 0.0937. The summed E-state index contributed by atoms with van der Waals surface area (Å²) in [6.45, 7) is 2.05. The van der Waals surface area contributed by atoms with Crippen molar-refractivity contribution in [1.82, 2.24) is 5.32 Å². The molecule has 0 unspecified atom stereocenters. The summed E-state index contributed by atoms with van der Waals surface area (Å²) in [5, 5.41) is 2.82. The van der Waals surface area contributed by atoms with E-state index in [1.807, 2.05) is 0 Å². The molecule has 0 fully saturated rings. The monoisotopic (exact) mass is 230 g/mol. The number of hydrogen-bond acceptors (Lipinski definition) is 2. The Labute approximate surface area is 92.4 Å². The molecule has 0 bridgehead atoms. The number of amides is 1. The first kappa shape index (κ1) is 11.9. The minimum Gasteiger partial charge on any atom is -0.348 e. The van der Waals surface area contributed by atoms with E-state index >= 15 is 0 Å². The molecule has 1 aromatic carbocycles. The van der Waals surface area contributed by atoms with Crippen LogP contribution in [0.15, 0.2) is 18.2 Å². The van der Waals surface area contributed by atoms with Crippen LogP contribution in [0, 0.1) is 5.82 Å². The third kappa shape index (κ3) is 3.18. The molecule has 3 nitrogen and oxygen atoms in total. The van der Waals surface area contributed by atoms with Crippen LogP contribution in [0.25, 0.3) is 0 Å². The molecular weight excluding hydrogens is 219 g/mol. The Morgan fingerprint density at radius 1 is 1.67 bits per heavy atom. The molecule has 0 saturated carbocycles. The van der Waals surface area contributed by atoms with Crippen LogP contribution in [0.3, 0.4) is 0 Å². The average Bonchev–Trinajstić information content (AvgIpc) is 2.17. The van der Waals surface area contributed by atoms with Gasteiger partial charge in [0.15, 0.2) is 0 Å². The third-order valence-electron chi connectivity index (χ3n) is 1.91. The van der Waals surface area contributed by atoms with Crippen molar-refractivity contribution in [2.45, 2.75) is 13.0 Å². The van der Waals surface area contributed by atoms with Gasteiger partial charge < -0.3 is 11.1 Å². The highest BCUT2D eigenvalue weighted by atomic mass is 35.5. The van der Waals surface area contributed by atoms with Gasteiger partial charge in [-0.2, -0.15) is 0 Å². The van der Waals surface area contributed by atoms with E-state index in [1.54, 1.807) is 6.92 Å². The van der Waals surface area contributed by atoms with Gasteiger partial charge in [0, 0.05) is 17.6 Å².